The number of halogens is 1. The molecule has 0 aliphatic carbocycles. The summed E-state index contributed by atoms with van der Waals surface area (Å²) in [7, 11) is 3.00. The van der Waals surface area contributed by atoms with E-state index in [1.807, 2.05) is 30.3 Å². The molecule has 0 heterocycles. The van der Waals surface area contributed by atoms with Crippen LogP contribution in [0.3, 0.4) is 0 Å². The molecule has 1 N–H and O–H groups in total. The van der Waals surface area contributed by atoms with Crippen molar-refractivity contribution in [2.45, 2.75) is 0 Å². The molecule has 0 aliphatic heterocycles. The number of rotatable bonds is 9. The number of hydrogen-bond donors (Lipinski definition) is 1. The van der Waals surface area contributed by atoms with E-state index in [0.29, 0.717) is 27.8 Å². The van der Waals surface area contributed by atoms with Gasteiger partial charge in [-0.3, -0.25) is 4.79 Å². The SMILES string of the molecule is COc1ccc(C(=O)Oc2ccc3ccccc3c2/C=N\NC(=O)COc2ccc(Cl)cc2)cc1OC. The van der Waals surface area contributed by atoms with Gasteiger partial charge in [0.2, 0.25) is 0 Å². The van der Waals surface area contributed by atoms with Crippen LogP contribution < -0.4 is 24.4 Å². The number of hydrogen-bond acceptors (Lipinski definition) is 7. The molecule has 0 aromatic heterocycles. The van der Waals surface area contributed by atoms with Gasteiger partial charge < -0.3 is 18.9 Å². The molecule has 0 bridgehead atoms. The highest BCUT2D eigenvalue weighted by molar-refractivity contribution is 6.30. The van der Waals surface area contributed by atoms with E-state index in [0.717, 1.165) is 10.8 Å². The van der Waals surface area contributed by atoms with E-state index in [9.17, 15) is 9.59 Å². The Balaban J connectivity index is 1.52. The van der Waals surface area contributed by atoms with Crippen LogP contribution in [-0.4, -0.2) is 38.9 Å². The molecular weight excluding hydrogens is 496 g/mol. The quantitative estimate of drug-likeness (QED) is 0.140. The molecule has 188 valence electrons. The van der Waals surface area contributed by atoms with Gasteiger partial charge in [-0.25, -0.2) is 10.2 Å². The summed E-state index contributed by atoms with van der Waals surface area (Å²) in [6.07, 6.45) is 1.43. The fourth-order valence-corrected chi connectivity index (χ4v) is 3.63. The minimum Gasteiger partial charge on any atom is -0.493 e. The molecule has 0 aliphatic rings. The third kappa shape index (κ3) is 6.36. The molecule has 0 unspecified atom stereocenters. The summed E-state index contributed by atoms with van der Waals surface area (Å²) in [5.41, 5.74) is 3.22. The first-order valence-corrected chi connectivity index (χ1v) is 11.5. The van der Waals surface area contributed by atoms with E-state index in [1.54, 1.807) is 42.5 Å². The van der Waals surface area contributed by atoms with Crippen molar-refractivity contribution >= 4 is 40.5 Å². The van der Waals surface area contributed by atoms with Gasteiger partial charge in [-0.15, -0.1) is 0 Å². The monoisotopic (exact) mass is 518 g/mol. The van der Waals surface area contributed by atoms with Gasteiger partial charge in [-0.1, -0.05) is 41.9 Å². The lowest BCUT2D eigenvalue weighted by atomic mass is 10.0. The summed E-state index contributed by atoms with van der Waals surface area (Å²) in [5, 5.41) is 6.32. The number of nitrogens with zero attached hydrogens (tertiary/aromatic N) is 1. The minimum absolute atomic E-state index is 0.240. The van der Waals surface area contributed by atoms with Crippen molar-refractivity contribution in [2.75, 3.05) is 20.8 Å². The largest absolute Gasteiger partial charge is 0.493 e. The molecule has 0 radical (unpaired) electrons. The van der Waals surface area contributed by atoms with Crippen molar-refractivity contribution in [1.82, 2.24) is 5.43 Å². The van der Waals surface area contributed by atoms with E-state index in [1.165, 1.54) is 26.5 Å². The van der Waals surface area contributed by atoms with Crippen LogP contribution in [0.2, 0.25) is 5.02 Å². The minimum atomic E-state index is -0.591. The lowest BCUT2D eigenvalue weighted by Crippen LogP contribution is -2.24. The number of nitrogens with one attached hydrogen (secondary N) is 1. The summed E-state index contributed by atoms with van der Waals surface area (Å²) in [5.74, 6) is 0.617. The van der Waals surface area contributed by atoms with E-state index in [-0.39, 0.29) is 17.9 Å². The fourth-order valence-electron chi connectivity index (χ4n) is 3.50. The Morgan fingerprint density at radius 3 is 2.38 bits per heavy atom. The zero-order chi connectivity index (χ0) is 26.2. The Labute approximate surface area is 218 Å². The van der Waals surface area contributed by atoms with Gasteiger partial charge in [-0.2, -0.15) is 5.10 Å². The Morgan fingerprint density at radius 1 is 0.892 bits per heavy atom. The van der Waals surface area contributed by atoms with Crippen LogP contribution in [0.5, 0.6) is 23.0 Å². The van der Waals surface area contributed by atoms with Crippen LogP contribution in [-0.2, 0) is 4.79 Å². The summed E-state index contributed by atoms with van der Waals surface area (Å²) < 4.78 is 21.6. The van der Waals surface area contributed by atoms with Crippen molar-refractivity contribution in [3.63, 3.8) is 0 Å². The number of carbonyl (C=O) groups is 2. The number of hydrazone groups is 1. The van der Waals surface area contributed by atoms with Crippen LogP contribution >= 0.6 is 11.6 Å². The molecule has 37 heavy (non-hydrogen) atoms. The van der Waals surface area contributed by atoms with E-state index < -0.39 is 11.9 Å². The van der Waals surface area contributed by atoms with Gasteiger partial charge in [-0.05, 0) is 59.3 Å². The first-order chi connectivity index (χ1) is 18.0. The molecule has 4 rings (SSSR count). The lowest BCUT2D eigenvalue weighted by molar-refractivity contribution is -0.123. The average Bonchev–Trinajstić information content (AvgIpc) is 2.93. The van der Waals surface area contributed by atoms with Crippen molar-refractivity contribution in [3.05, 3.63) is 95.0 Å². The number of ether oxygens (including phenoxy) is 4. The van der Waals surface area contributed by atoms with Crippen molar-refractivity contribution in [3.8, 4) is 23.0 Å². The van der Waals surface area contributed by atoms with Crippen LogP contribution in [0.4, 0.5) is 0 Å². The zero-order valence-corrected chi connectivity index (χ0v) is 20.8. The second-order valence-electron chi connectivity index (χ2n) is 7.69. The molecule has 0 saturated carbocycles. The fraction of sp³-hybridized carbons (Fsp3) is 0.107. The molecule has 1 amide bonds. The molecule has 8 nitrogen and oxygen atoms in total. The Hall–Kier alpha value is -4.56. The average molecular weight is 519 g/mol. The Bertz CT molecular complexity index is 1450. The Morgan fingerprint density at radius 2 is 1.62 bits per heavy atom. The van der Waals surface area contributed by atoms with Gasteiger partial charge in [0.25, 0.3) is 5.91 Å². The topological polar surface area (TPSA) is 95.5 Å². The standard InChI is InChI=1S/C28H23ClN2O6/c1-34-25-14-8-19(15-26(25)35-2)28(33)37-24-13-7-18-5-3-4-6-22(18)23(24)16-30-31-27(32)17-36-21-11-9-20(29)10-12-21/h3-16H,17H2,1-2H3,(H,31,32)/b30-16-. The molecule has 9 heteroatoms. The van der Waals surface area contributed by atoms with E-state index >= 15 is 0 Å². The number of fused-ring (bicyclic) bond motifs is 1. The zero-order valence-electron chi connectivity index (χ0n) is 20.1. The smallest absolute Gasteiger partial charge is 0.343 e. The first kappa shape index (κ1) is 25.5. The first-order valence-electron chi connectivity index (χ1n) is 11.1. The van der Waals surface area contributed by atoms with E-state index in [2.05, 4.69) is 10.5 Å². The molecule has 0 saturated heterocycles. The lowest BCUT2D eigenvalue weighted by Gasteiger charge is -2.12. The van der Waals surface area contributed by atoms with Gasteiger partial charge in [0, 0.05) is 10.6 Å². The van der Waals surface area contributed by atoms with Gasteiger partial charge >= 0.3 is 5.97 Å². The predicted octanol–water partition coefficient (Wildman–Crippen LogP) is 5.26. The number of methoxy groups -OCH3 is 2. The second kappa shape index (κ2) is 11.9. The maximum atomic E-state index is 12.9. The van der Waals surface area contributed by atoms with Crippen LogP contribution in [0.25, 0.3) is 10.8 Å². The Kier molecular flexibility index (Phi) is 8.22. The highest BCUT2D eigenvalue weighted by Gasteiger charge is 2.16. The highest BCUT2D eigenvalue weighted by atomic mass is 35.5. The number of esters is 1. The maximum absolute atomic E-state index is 12.9. The molecule has 4 aromatic rings. The summed E-state index contributed by atoms with van der Waals surface area (Å²) >= 11 is 5.85. The number of amides is 1. The second-order valence-corrected chi connectivity index (χ2v) is 8.13. The van der Waals surface area contributed by atoms with Crippen molar-refractivity contribution < 1.29 is 28.5 Å². The molecule has 0 fully saturated rings. The van der Waals surface area contributed by atoms with E-state index in [4.69, 9.17) is 30.5 Å². The molecular formula is C28H23ClN2O6. The van der Waals surface area contributed by atoms with Crippen LogP contribution in [0.1, 0.15) is 15.9 Å². The number of benzene rings is 4. The van der Waals surface area contributed by atoms with Gasteiger partial charge in [0.15, 0.2) is 18.1 Å². The molecule has 4 aromatic carbocycles. The predicted molar refractivity (Wildman–Crippen MR) is 141 cm³/mol. The molecule has 0 spiro atoms. The van der Waals surface area contributed by atoms with Crippen molar-refractivity contribution in [2.24, 2.45) is 5.10 Å². The summed E-state index contributed by atoms with van der Waals surface area (Å²) in [6.45, 7) is -0.240. The summed E-state index contributed by atoms with van der Waals surface area (Å²) in [4.78, 5) is 25.1. The van der Waals surface area contributed by atoms with Crippen LogP contribution in [0, 0.1) is 0 Å². The van der Waals surface area contributed by atoms with Crippen LogP contribution in [0.15, 0.2) is 84.0 Å². The van der Waals surface area contributed by atoms with Gasteiger partial charge in [0.1, 0.15) is 11.5 Å². The van der Waals surface area contributed by atoms with Gasteiger partial charge in [0.05, 0.1) is 26.0 Å². The van der Waals surface area contributed by atoms with Crippen molar-refractivity contribution in [1.29, 1.82) is 0 Å². The third-order valence-corrected chi connectivity index (χ3v) is 5.57. The maximum Gasteiger partial charge on any atom is 0.343 e. The highest BCUT2D eigenvalue weighted by Crippen LogP contribution is 2.30. The normalized spacial score (nSPS) is 10.8. The third-order valence-electron chi connectivity index (χ3n) is 5.32. The molecule has 0 atom stereocenters. The number of carbonyl (C=O) groups excluding carboxylic acids is 2. The summed E-state index contributed by atoms with van der Waals surface area (Å²) in [6, 6.07) is 22.5.